The molecule has 1 aromatic carbocycles. The third-order valence-electron chi connectivity index (χ3n) is 2.92. The zero-order valence-electron chi connectivity index (χ0n) is 12.1. The first kappa shape index (κ1) is 14.6. The molecule has 5 nitrogen and oxygen atoms in total. The highest BCUT2D eigenvalue weighted by atomic mass is 32.2. The molecule has 108 valence electrons. The Morgan fingerprint density at radius 2 is 1.90 bits per heavy atom. The van der Waals surface area contributed by atoms with Gasteiger partial charge in [0.2, 0.25) is 0 Å². The van der Waals surface area contributed by atoms with Gasteiger partial charge in [0.1, 0.15) is 0 Å². The molecule has 0 atom stereocenters. The molecule has 0 amide bonds. The van der Waals surface area contributed by atoms with Crippen LogP contribution in [0.3, 0.4) is 0 Å². The van der Waals surface area contributed by atoms with Crippen LogP contribution in [0.5, 0.6) is 0 Å². The van der Waals surface area contributed by atoms with Crippen molar-refractivity contribution in [2.75, 3.05) is 4.72 Å². The van der Waals surface area contributed by atoms with E-state index in [0.29, 0.717) is 5.82 Å². The quantitative estimate of drug-likeness (QED) is 0.913. The van der Waals surface area contributed by atoms with Gasteiger partial charge in [0, 0.05) is 17.2 Å². The zero-order valence-corrected chi connectivity index (χ0v) is 12.9. The van der Waals surface area contributed by atoms with Crippen molar-refractivity contribution < 1.29 is 8.42 Å². The summed E-state index contributed by atoms with van der Waals surface area (Å²) in [6.07, 6.45) is 0. The number of aromatic amines is 1. The van der Waals surface area contributed by atoms with Crippen LogP contribution < -0.4 is 4.72 Å². The molecule has 20 heavy (non-hydrogen) atoms. The Hall–Kier alpha value is -1.82. The normalized spacial score (nSPS) is 12.4. The van der Waals surface area contributed by atoms with Crippen LogP contribution in [-0.2, 0) is 15.4 Å². The van der Waals surface area contributed by atoms with E-state index in [-0.39, 0.29) is 10.3 Å². The molecular formula is C14H19N3O2S. The Kier molecular flexibility index (Phi) is 3.60. The fraction of sp³-hybridized carbons (Fsp3) is 0.357. The van der Waals surface area contributed by atoms with Crippen molar-refractivity contribution in [2.24, 2.45) is 0 Å². The predicted molar refractivity (Wildman–Crippen MR) is 79.3 cm³/mol. The van der Waals surface area contributed by atoms with Gasteiger partial charge in [0.15, 0.2) is 5.82 Å². The molecule has 0 aliphatic heterocycles. The highest BCUT2D eigenvalue weighted by molar-refractivity contribution is 7.92. The number of rotatable bonds is 3. The van der Waals surface area contributed by atoms with E-state index in [1.165, 1.54) is 0 Å². The van der Waals surface area contributed by atoms with Crippen LogP contribution in [0.4, 0.5) is 5.82 Å². The standard InChI is InChI=1S/C14H19N3O2S/c1-10-6-5-7-11(8-10)20(18,19)17-13-9-12(15-16-13)14(2,3)4/h5-9H,1-4H3,(H2,15,16,17). The number of hydrogen-bond acceptors (Lipinski definition) is 3. The molecular weight excluding hydrogens is 274 g/mol. The Morgan fingerprint density at radius 3 is 2.45 bits per heavy atom. The number of nitrogens with zero attached hydrogens (tertiary/aromatic N) is 1. The third kappa shape index (κ3) is 3.19. The summed E-state index contributed by atoms with van der Waals surface area (Å²) in [6.45, 7) is 7.93. The summed E-state index contributed by atoms with van der Waals surface area (Å²) in [7, 11) is -3.60. The first-order valence-corrected chi connectivity index (χ1v) is 7.82. The monoisotopic (exact) mass is 293 g/mol. The second-order valence-electron chi connectivity index (χ2n) is 5.84. The van der Waals surface area contributed by atoms with Gasteiger partial charge in [-0.2, -0.15) is 5.10 Å². The molecule has 0 radical (unpaired) electrons. The van der Waals surface area contributed by atoms with E-state index in [9.17, 15) is 8.42 Å². The van der Waals surface area contributed by atoms with E-state index in [1.807, 2.05) is 33.8 Å². The molecule has 0 aliphatic rings. The minimum absolute atomic E-state index is 0.111. The van der Waals surface area contributed by atoms with E-state index in [4.69, 9.17) is 0 Å². The maximum Gasteiger partial charge on any atom is 0.263 e. The van der Waals surface area contributed by atoms with Gasteiger partial charge < -0.3 is 0 Å². The topological polar surface area (TPSA) is 74.8 Å². The fourth-order valence-corrected chi connectivity index (χ4v) is 2.83. The van der Waals surface area contributed by atoms with Crippen molar-refractivity contribution in [1.82, 2.24) is 10.2 Å². The zero-order chi connectivity index (χ0) is 15.0. The van der Waals surface area contributed by atoms with Crippen LogP contribution in [0.1, 0.15) is 32.0 Å². The number of benzene rings is 1. The Morgan fingerprint density at radius 1 is 1.20 bits per heavy atom. The molecule has 2 aromatic rings. The summed E-state index contributed by atoms with van der Waals surface area (Å²) in [4.78, 5) is 0.234. The largest absolute Gasteiger partial charge is 0.280 e. The summed E-state index contributed by atoms with van der Waals surface area (Å²) < 4.78 is 27.0. The highest BCUT2D eigenvalue weighted by Gasteiger charge is 2.20. The van der Waals surface area contributed by atoms with Gasteiger partial charge in [-0.05, 0) is 24.6 Å². The van der Waals surface area contributed by atoms with Gasteiger partial charge >= 0.3 is 0 Å². The fourth-order valence-electron chi connectivity index (χ4n) is 1.74. The van der Waals surface area contributed by atoms with Crippen LogP contribution in [-0.4, -0.2) is 18.6 Å². The molecule has 0 spiro atoms. The highest BCUT2D eigenvalue weighted by Crippen LogP contribution is 2.23. The first-order chi connectivity index (χ1) is 9.18. The second kappa shape index (κ2) is 4.94. The smallest absolute Gasteiger partial charge is 0.263 e. The number of nitrogens with one attached hydrogen (secondary N) is 2. The molecule has 0 saturated carbocycles. The van der Waals surface area contributed by atoms with Crippen molar-refractivity contribution in [3.63, 3.8) is 0 Å². The first-order valence-electron chi connectivity index (χ1n) is 6.34. The lowest BCUT2D eigenvalue weighted by molar-refractivity contribution is 0.567. The van der Waals surface area contributed by atoms with Crippen LogP contribution in [0.25, 0.3) is 0 Å². The van der Waals surface area contributed by atoms with Gasteiger partial charge in [-0.15, -0.1) is 0 Å². The van der Waals surface area contributed by atoms with Gasteiger partial charge in [-0.25, -0.2) is 8.42 Å². The number of anilines is 1. The number of aromatic nitrogens is 2. The Bertz CT molecular complexity index is 712. The van der Waals surface area contributed by atoms with Crippen LogP contribution in [0.15, 0.2) is 35.2 Å². The molecule has 2 N–H and O–H groups in total. The van der Waals surface area contributed by atoms with Crippen molar-refractivity contribution in [3.8, 4) is 0 Å². The average Bonchev–Trinajstić information content (AvgIpc) is 2.76. The third-order valence-corrected chi connectivity index (χ3v) is 4.28. The number of sulfonamides is 1. The lowest BCUT2D eigenvalue weighted by Gasteiger charge is -2.14. The SMILES string of the molecule is Cc1cccc(S(=O)(=O)Nc2cc(C(C)(C)C)[nH]n2)c1. The average molecular weight is 293 g/mol. The summed E-state index contributed by atoms with van der Waals surface area (Å²) in [5.74, 6) is 0.302. The minimum atomic E-state index is -3.60. The Labute approximate surface area is 119 Å². The lowest BCUT2D eigenvalue weighted by atomic mass is 9.92. The number of hydrogen-bond donors (Lipinski definition) is 2. The van der Waals surface area contributed by atoms with Gasteiger partial charge in [0.05, 0.1) is 4.90 Å². The summed E-state index contributed by atoms with van der Waals surface area (Å²) in [5.41, 5.74) is 1.66. The van der Waals surface area contributed by atoms with E-state index in [0.717, 1.165) is 11.3 Å². The summed E-state index contributed by atoms with van der Waals surface area (Å²) >= 11 is 0. The molecule has 6 heteroatoms. The van der Waals surface area contributed by atoms with Crippen molar-refractivity contribution in [2.45, 2.75) is 38.0 Å². The predicted octanol–water partition coefficient (Wildman–Crippen LogP) is 2.82. The second-order valence-corrected chi connectivity index (χ2v) is 7.52. The van der Waals surface area contributed by atoms with Crippen molar-refractivity contribution in [1.29, 1.82) is 0 Å². The lowest BCUT2D eigenvalue weighted by Crippen LogP contribution is -2.13. The van der Waals surface area contributed by atoms with Gasteiger partial charge in [-0.1, -0.05) is 32.9 Å². The number of aryl methyl sites for hydroxylation is 1. The summed E-state index contributed by atoms with van der Waals surface area (Å²) in [5, 5.41) is 6.85. The molecule has 1 heterocycles. The van der Waals surface area contributed by atoms with E-state index in [2.05, 4.69) is 14.9 Å². The Balaban J connectivity index is 2.27. The van der Waals surface area contributed by atoms with E-state index in [1.54, 1.807) is 24.3 Å². The van der Waals surface area contributed by atoms with Gasteiger partial charge in [0.25, 0.3) is 10.0 Å². The maximum absolute atomic E-state index is 12.2. The van der Waals surface area contributed by atoms with Gasteiger partial charge in [-0.3, -0.25) is 9.82 Å². The summed E-state index contributed by atoms with van der Waals surface area (Å²) in [6, 6.07) is 8.47. The van der Waals surface area contributed by atoms with Crippen LogP contribution in [0.2, 0.25) is 0 Å². The van der Waals surface area contributed by atoms with Crippen molar-refractivity contribution in [3.05, 3.63) is 41.6 Å². The number of H-pyrrole nitrogens is 1. The van der Waals surface area contributed by atoms with E-state index < -0.39 is 10.0 Å². The molecule has 0 saturated heterocycles. The minimum Gasteiger partial charge on any atom is -0.280 e. The molecule has 0 fully saturated rings. The maximum atomic E-state index is 12.2. The molecule has 0 aliphatic carbocycles. The van der Waals surface area contributed by atoms with E-state index >= 15 is 0 Å². The van der Waals surface area contributed by atoms with Crippen LogP contribution >= 0.6 is 0 Å². The van der Waals surface area contributed by atoms with Crippen LogP contribution in [0, 0.1) is 6.92 Å². The molecule has 0 unspecified atom stereocenters. The van der Waals surface area contributed by atoms with Crippen molar-refractivity contribution >= 4 is 15.8 Å². The molecule has 1 aromatic heterocycles. The molecule has 2 rings (SSSR count). The molecule has 0 bridgehead atoms.